The highest BCUT2D eigenvalue weighted by Crippen LogP contribution is 2.37. The molecule has 160 valence electrons. The number of hydrogen-bond acceptors (Lipinski definition) is 3. The van der Waals surface area contributed by atoms with Gasteiger partial charge in [0.1, 0.15) is 12.4 Å². The maximum absolute atomic E-state index is 10.8. The Hall–Kier alpha value is -2.14. The van der Waals surface area contributed by atoms with Gasteiger partial charge in [-0.3, -0.25) is 0 Å². The zero-order valence-corrected chi connectivity index (χ0v) is 19.8. The molecule has 30 heavy (non-hydrogen) atoms. The number of aliphatic hydroxyl groups is 1. The number of ether oxygens (including phenoxy) is 1. The van der Waals surface area contributed by atoms with Gasteiger partial charge in [-0.15, -0.1) is 0 Å². The fourth-order valence-electron chi connectivity index (χ4n) is 3.18. The first-order valence-corrected chi connectivity index (χ1v) is 13.6. The quantitative estimate of drug-likeness (QED) is 0.430. The number of hydrogen-bond donors (Lipinski definition) is 1. The van der Waals surface area contributed by atoms with Gasteiger partial charge < -0.3 is 14.3 Å². The molecule has 0 saturated carbocycles. The van der Waals surface area contributed by atoms with Crippen molar-refractivity contribution in [3.63, 3.8) is 0 Å². The molecule has 1 unspecified atom stereocenters. The Morgan fingerprint density at radius 3 is 2.27 bits per heavy atom. The van der Waals surface area contributed by atoms with E-state index < -0.39 is 14.4 Å². The van der Waals surface area contributed by atoms with Crippen molar-refractivity contribution < 1.29 is 14.3 Å². The average Bonchev–Trinajstić information content (AvgIpc) is 2.71. The summed E-state index contributed by atoms with van der Waals surface area (Å²) in [6.45, 7) is 11.9. The van der Waals surface area contributed by atoms with E-state index in [1.165, 1.54) is 0 Å². The third-order valence-electron chi connectivity index (χ3n) is 6.09. The van der Waals surface area contributed by atoms with Crippen LogP contribution in [0.15, 0.2) is 66.7 Å². The Kier molecular flexibility index (Phi) is 7.01. The Morgan fingerprint density at radius 1 is 0.900 bits per heavy atom. The molecule has 4 heteroatoms. The summed E-state index contributed by atoms with van der Waals surface area (Å²) in [5.74, 6) is 0.850. The molecule has 0 saturated heterocycles. The second kappa shape index (κ2) is 9.34. The first-order chi connectivity index (χ1) is 14.2. The van der Waals surface area contributed by atoms with Gasteiger partial charge in [-0.1, -0.05) is 87.5 Å². The van der Waals surface area contributed by atoms with Crippen molar-refractivity contribution in [3.05, 3.63) is 77.9 Å². The number of rotatable bonds is 8. The van der Waals surface area contributed by atoms with E-state index in [1.54, 1.807) is 0 Å². The topological polar surface area (TPSA) is 38.7 Å². The summed E-state index contributed by atoms with van der Waals surface area (Å²) in [4.78, 5) is 0. The van der Waals surface area contributed by atoms with E-state index in [9.17, 15) is 5.11 Å². The highest BCUT2D eigenvalue weighted by Gasteiger charge is 2.37. The van der Waals surface area contributed by atoms with E-state index in [-0.39, 0.29) is 5.04 Å². The van der Waals surface area contributed by atoms with Crippen LogP contribution in [-0.4, -0.2) is 26.1 Å². The minimum atomic E-state index is -1.89. The van der Waals surface area contributed by atoms with E-state index in [0.717, 1.165) is 27.6 Å². The molecule has 0 radical (unpaired) electrons. The molecule has 0 aliphatic carbocycles. The molecule has 3 nitrogen and oxygen atoms in total. The summed E-state index contributed by atoms with van der Waals surface area (Å²) in [5.41, 5.74) is 2.13. The van der Waals surface area contributed by atoms with Gasteiger partial charge in [-0.2, -0.15) is 0 Å². The lowest BCUT2D eigenvalue weighted by Crippen LogP contribution is -2.42. The summed E-state index contributed by atoms with van der Waals surface area (Å²) in [7, 11) is -1.89. The molecule has 0 heterocycles. The van der Waals surface area contributed by atoms with Gasteiger partial charge in [0.05, 0.1) is 12.7 Å². The normalized spacial score (nSPS) is 13.4. The molecular formula is C26H34O3Si. The van der Waals surface area contributed by atoms with E-state index >= 15 is 0 Å². The Morgan fingerprint density at radius 2 is 1.57 bits per heavy atom. The molecular weight excluding hydrogens is 388 g/mol. The molecule has 0 bridgehead atoms. The highest BCUT2D eigenvalue weighted by atomic mass is 28.4. The van der Waals surface area contributed by atoms with Gasteiger partial charge in [0.2, 0.25) is 0 Å². The van der Waals surface area contributed by atoms with Crippen LogP contribution in [0.3, 0.4) is 0 Å². The molecule has 1 atom stereocenters. The predicted octanol–water partition coefficient (Wildman–Crippen LogP) is 6.34. The summed E-state index contributed by atoms with van der Waals surface area (Å²) < 4.78 is 12.5. The van der Waals surface area contributed by atoms with Crippen molar-refractivity contribution in [2.24, 2.45) is 0 Å². The summed E-state index contributed by atoms with van der Waals surface area (Å²) in [5, 5.41) is 13.1. The molecule has 3 aromatic carbocycles. The van der Waals surface area contributed by atoms with E-state index in [1.807, 2.05) is 30.3 Å². The maximum Gasteiger partial charge on any atom is 0.192 e. The first kappa shape index (κ1) is 22.5. The smallest absolute Gasteiger partial charge is 0.192 e. The number of benzene rings is 3. The maximum atomic E-state index is 10.8. The summed E-state index contributed by atoms with van der Waals surface area (Å²) in [6.07, 6.45) is -0.0665. The first-order valence-electron chi connectivity index (χ1n) is 10.7. The van der Waals surface area contributed by atoms with Crippen molar-refractivity contribution in [3.8, 4) is 5.75 Å². The Balaban J connectivity index is 1.79. The monoisotopic (exact) mass is 422 g/mol. The number of fused-ring (bicyclic) bond motifs is 1. The van der Waals surface area contributed by atoms with Crippen LogP contribution in [-0.2, 0) is 17.5 Å². The van der Waals surface area contributed by atoms with Crippen LogP contribution in [0.25, 0.3) is 10.8 Å². The van der Waals surface area contributed by atoms with Crippen molar-refractivity contribution in [2.75, 3.05) is 6.61 Å². The summed E-state index contributed by atoms with van der Waals surface area (Å²) in [6, 6.07) is 22.6. The van der Waals surface area contributed by atoms with E-state index in [2.05, 4.69) is 70.3 Å². The third kappa shape index (κ3) is 5.51. The van der Waals surface area contributed by atoms with Crippen LogP contribution in [0.2, 0.25) is 18.1 Å². The van der Waals surface area contributed by atoms with E-state index in [0.29, 0.717) is 19.6 Å². The van der Waals surface area contributed by atoms with Crippen molar-refractivity contribution in [1.29, 1.82) is 0 Å². The van der Waals surface area contributed by atoms with Gasteiger partial charge in [0, 0.05) is 11.8 Å². The lowest BCUT2D eigenvalue weighted by atomic mass is 10.0. The lowest BCUT2D eigenvalue weighted by molar-refractivity contribution is 0.0993. The van der Waals surface area contributed by atoms with Gasteiger partial charge in [0.25, 0.3) is 0 Å². The van der Waals surface area contributed by atoms with Crippen LogP contribution in [0.5, 0.6) is 5.75 Å². The highest BCUT2D eigenvalue weighted by molar-refractivity contribution is 6.74. The number of aliphatic hydroxyl groups excluding tert-OH is 1. The van der Waals surface area contributed by atoms with Gasteiger partial charge in [-0.05, 0) is 34.6 Å². The van der Waals surface area contributed by atoms with Gasteiger partial charge >= 0.3 is 0 Å². The van der Waals surface area contributed by atoms with Crippen molar-refractivity contribution in [2.45, 2.75) is 58.0 Å². The van der Waals surface area contributed by atoms with Crippen molar-refractivity contribution in [1.82, 2.24) is 0 Å². The van der Waals surface area contributed by atoms with Crippen LogP contribution < -0.4 is 4.74 Å². The average molecular weight is 423 g/mol. The van der Waals surface area contributed by atoms with Crippen molar-refractivity contribution >= 4 is 19.1 Å². The summed E-state index contributed by atoms with van der Waals surface area (Å²) >= 11 is 0. The zero-order chi connectivity index (χ0) is 21.8. The van der Waals surface area contributed by atoms with Gasteiger partial charge in [0.15, 0.2) is 8.32 Å². The van der Waals surface area contributed by atoms with E-state index in [4.69, 9.17) is 9.16 Å². The molecule has 3 aromatic rings. The van der Waals surface area contributed by atoms with Crippen LogP contribution in [0.1, 0.15) is 31.9 Å². The van der Waals surface area contributed by atoms with Crippen LogP contribution in [0, 0.1) is 0 Å². The molecule has 0 aromatic heterocycles. The fraction of sp³-hybridized carbons (Fsp3) is 0.385. The van der Waals surface area contributed by atoms with Gasteiger partial charge in [-0.25, -0.2) is 0 Å². The molecule has 0 spiro atoms. The molecule has 0 fully saturated rings. The molecule has 0 amide bonds. The zero-order valence-electron chi connectivity index (χ0n) is 18.8. The predicted molar refractivity (Wildman–Crippen MR) is 128 cm³/mol. The minimum absolute atomic E-state index is 0.125. The largest absolute Gasteiger partial charge is 0.488 e. The SMILES string of the molecule is CC(C)(C)[Si](C)(C)OCC(O)Cc1ccc2ccccc2c1OCc1ccccc1. The third-order valence-corrected chi connectivity index (χ3v) is 10.6. The molecule has 0 aliphatic heterocycles. The second-order valence-electron chi connectivity index (χ2n) is 9.48. The Labute approximate surface area is 181 Å². The van der Waals surface area contributed by atoms with Crippen LogP contribution >= 0.6 is 0 Å². The Bertz CT molecular complexity index is 961. The minimum Gasteiger partial charge on any atom is -0.488 e. The fourth-order valence-corrected chi connectivity index (χ4v) is 4.22. The second-order valence-corrected chi connectivity index (χ2v) is 14.3. The lowest BCUT2D eigenvalue weighted by Gasteiger charge is -2.36. The molecule has 1 N–H and O–H groups in total. The standard InChI is InChI=1S/C26H34O3Si/c1-26(2,3)30(4,5)29-19-23(27)17-22-16-15-21-13-9-10-14-24(21)25(22)28-18-20-11-7-6-8-12-20/h6-16,23,27H,17-19H2,1-5H3. The van der Waals surface area contributed by atoms with Crippen LogP contribution in [0.4, 0.5) is 0 Å². The molecule has 3 rings (SSSR count). The molecule has 0 aliphatic rings.